The number of likely N-dealkylation sites (tertiary alicyclic amines) is 1. The molecule has 2 saturated heterocycles. The standard InChI is InChI=1S/C37H46F5N3O3/c1-34-23-30(24-4-6-25(7-5-24)33(47)45-20-18-44(19-21-45)17-16-43-14-2-3-15-43)32-28-11-9-27(46)22-26(28)8-10-29(32)31(34)12-13-35(34,48)36(38,39)37(40,41)42/h4-7,22,29-31,48H,2-3,8-21,23H2,1H3/t29?,30-,31+,34?,35+/m1/s1. The Morgan fingerprint density at radius 3 is 2.19 bits per heavy atom. The number of hydrogen-bond acceptors (Lipinski definition) is 5. The van der Waals surface area contributed by atoms with E-state index in [0.29, 0.717) is 44.3 Å². The van der Waals surface area contributed by atoms with Gasteiger partial charge in [-0.1, -0.05) is 24.6 Å². The lowest BCUT2D eigenvalue weighted by molar-refractivity contribution is -0.362. The van der Waals surface area contributed by atoms with Crippen molar-refractivity contribution < 1.29 is 36.6 Å². The maximum Gasteiger partial charge on any atom is 0.456 e. The summed E-state index contributed by atoms with van der Waals surface area (Å²) in [5.74, 6) is -6.68. The van der Waals surface area contributed by atoms with Crippen LogP contribution in [-0.2, 0) is 4.79 Å². The molecule has 4 fully saturated rings. The summed E-state index contributed by atoms with van der Waals surface area (Å²) >= 11 is 0. The van der Waals surface area contributed by atoms with Crippen molar-refractivity contribution in [2.45, 2.75) is 88.3 Å². The lowest BCUT2D eigenvalue weighted by atomic mass is 9.50. The normalized spacial score (nSPS) is 33.4. The molecule has 0 radical (unpaired) electrons. The van der Waals surface area contributed by atoms with Crippen LogP contribution in [-0.4, -0.2) is 102 Å². The van der Waals surface area contributed by atoms with Crippen molar-refractivity contribution in [2.75, 3.05) is 52.4 Å². The number of rotatable bonds is 6. The van der Waals surface area contributed by atoms with E-state index in [4.69, 9.17) is 0 Å². The number of allylic oxidation sites excluding steroid dienone is 4. The Hall–Kier alpha value is -2.63. The molecule has 0 bridgehead atoms. The molecule has 2 saturated carbocycles. The summed E-state index contributed by atoms with van der Waals surface area (Å²) in [5, 5.41) is 11.5. The van der Waals surface area contributed by atoms with Gasteiger partial charge in [0.2, 0.25) is 0 Å². The van der Waals surface area contributed by atoms with Crippen molar-refractivity contribution in [3.05, 3.63) is 58.2 Å². The number of benzene rings is 1. The summed E-state index contributed by atoms with van der Waals surface area (Å²) < 4.78 is 72.2. The third-order valence-corrected chi connectivity index (χ3v) is 12.9. The first kappa shape index (κ1) is 33.8. The molecule has 7 rings (SSSR count). The minimum Gasteiger partial charge on any atom is -0.383 e. The zero-order valence-corrected chi connectivity index (χ0v) is 27.6. The topological polar surface area (TPSA) is 64.1 Å². The number of aliphatic hydroxyl groups is 1. The predicted octanol–water partition coefficient (Wildman–Crippen LogP) is 6.37. The molecule has 2 aliphatic heterocycles. The number of halogens is 5. The van der Waals surface area contributed by atoms with Crippen LogP contribution in [0.4, 0.5) is 22.0 Å². The SMILES string of the molecule is CC12C[C@H](c3ccc(C(=O)N4CCN(CCN5CCCC5)CC4)cc3)C3=C4CCC(=O)C=C4CCC3[C@@H]1CC[C@@]2(O)C(F)(F)C(F)(F)F. The van der Waals surface area contributed by atoms with Crippen LogP contribution < -0.4 is 0 Å². The van der Waals surface area contributed by atoms with Gasteiger partial charge >= 0.3 is 12.1 Å². The lowest BCUT2D eigenvalue weighted by Gasteiger charge is -2.56. The monoisotopic (exact) mass is 675 g/mol. The molecule has 6 aliphatic rings. The minimum atomic E-state index is -5.89. The fraction of sp³-hybridized carbons (Fsp3) is 0.676. The van der Waals surface area contributed by atoms with Gasteiger partial charge < -0.3 is 14.9 Å². The summed E-state index contributed by atoms with van der Waals surface area (Å²) in [5.41, 5.74) is -0.737. The highest BCUT2D eigenvalue weighted by atomic mass is 19.4. The average molecular weight is 676 g/mol. The van der Waals surface area contributed by atoms with E-state index in [2.05, 4.69) is 9.80 Å². The molecule has 5 atom stereocenters. The number of nitrogens with zero attached hydrogens (tertiary/aromatic N) is 3. The van der Waals surface area contributed by atoms with Crippen LogP contribution in [0.3, 0.4) is 0 Å². The molecule has 1 N–H and O–H groups in total. The summed E-state index contributed by atoms with van der Waals surface area (Å²) in [6.07, 6.45) is -0.402. The Morgan fingerprint density at radius 2 is 1.54 bits per heavy atom. The molecular weight excluding hydrogens is 629 g/mol. The first-order chi connectivity index (χ1) is 22.7. The molecule has 262 valence electrons. The fourth-order valence-corrected chi connectivity index (χ4v) is 10.2. The molecule has 1 aromatic carbocycles. The highest BCUT2D eigenvalue weighted by Crippen LogP contribution is 2.70. The molecule has 48 heavy (non-hydrogen) atoms. The number of carbonyl (C=O) groups is 2. The maximum absolute atomic E-state index is 15.3. The highest BCUT2D eigenvalue weighted by Gasteiger charge is 2.79. The zero-order chi connectivity index (χ0) is 34.1. The van der Waals surface area contributed by atoms with Gasteiger partial charge in [0.15, 0.2) is 5.78 Å². The van der Waals surface area contributed by atoms with E-state index in [1.54, 1.807) is 30.3 Å². The number of amides is 1. The van der Waals surface area contributed by atoms with E-state index in [0.717, 1.165) is 61.6 Å². The summed E-state index contributed by atoms with van der Waals surface area (Å²) in [4.78, 5) is 32.6. The Bertz CT molecular complexity index is 1490. The number of hydrogen-bond donors (Lipinski definition) is 1. The summed E-state index contributed by atoms with van der Waals surface area (Å²) in [7, 11) is 0. The number of alkyl halides is 5. The molecule has 11 heteroatoms. The van der Waals surface area contributed by atoms with E-state index >= 15 is 8.78 Å². The van der Waals surface area contributed by atoms with E-state index in [-0.39, 0.29) is 30.4 Å². The van der Waals surface area contributed by atoms with E-state index in [1.807, 2.05) is 4.90 Å². The molecule has 1 aromatic rings. The number of piperazine rings is 1. The second-order valence-electron chi connectivity index (χ2n) is 15.3. The van der Waals surface area contributed by atoms with Crippen LogP contribution in [0.1, 0.15) is 86.6 Å². The van der Waals surface area contributed by atoms with Gasteiger partial charge in [0.25, 0.3) is 5.91 Å². The van der Waals surface area contributed by atoms with Gasteiger partial charge in [0.05, 0.1) is 0 Å². The van der Waals surface area contributed by atoms with Crippen LogP contribution in [0, 0.1) is 17.3 Å². The number of fused-ring (bicyclic) bond motifs is 4. The van der Waals surface area contributed by atoms with E-state index in [9.17, 15) is 27.9 Å². The van der Waals surface area contributed by atoms with Crippen LogP contribution in [0.2, 0.25) is 0 Å². The molecular formula is C37H46F5N3O3. The van der Waals surface area contributed by atoms with Crippen molar-refractivity contribution in [2.24, 2.45) is 17.3 Å². The zero-order valence-electron chi connectivity index (χ0n) is 27.6. The third kappa shape index (κ3) is 5.46. The molecule has 4 aliphatic carbocycles. The molecule has 2 unspecified atom stereocenters. The fourth-order valence-electron chi connectivity index (χ4n) is 10.2. The van der Waals surface area contributed by atoms with Crippen molar-refractivity contribution >= 4 is 11.7 Å². The Balaban J connectivity index is 1.15. The number of ketones is 1. The third-order valence-electron chi connectivity index (χ3n) is 12.9. The highest BCUT2D eigenvalue weighted by molar-refractivity contribution is 5.94. The molecule has 2 heterocycles. The largest absolute Gasteiger partial charge is 0.456 e. The summed E-state index contributed by atoms with van der Waals surface area (Å²) in [6.45, 7) is 8.65. The van der Waals surface area contributed by atoms with Crippen molar-refractivity contribution in [1.82, 2.24) is 14.7 Å². The minimum absolute atomic E-state index is 0.0420. The van der Waals surface area contributed by atoms with Crippen LogP contribution >= 0.6 is 0 Å². The van der Waals surface area contributed by atoms with Crippen molar-refractivity contribution in [3.63, 3.8) is 0 Å². The van der Waals surface area contributed by atoms with Gasteiger partial charge in [-0.05, 0) is 111 Å². The second kappa shape index (κ2) is 12.3. The van der Waals surface area contributed by atoms with Gasteiger partial charge in [-0.2, -0.15) is 22.0 Å². The van der Waals surface area contributed by atoms with Gasteiger partial charge in [-0.15, -0.1) is 0 Å². The average Bonchev–Trinajstić information content (AvgIpc) is 3.69. The van der Waals surface area contributed by atoms with Crippen LogP contribution in [0.5, 0.6) is 0 Å². The first-order valence-electron chi connectivity index (χ1n) is 17.7. The molecule has 1 amide bonds. The van der Waals surface area contributed by atoms with Crippen molar-refractivity contribution in [1.29, 1.82) is 0 Å². The molecule has 0 spiro atoms. The Kier molecular flexibility index (Phi) is 8.67. The van der Waals surface area contributed by atoms with Gasteiger partial charge in [-0.3, -0.25) is 14.5 Å². The molecule has 6 nitrogen and oxygen atoms in total. The van der Waals surface area contributed by atoms with Crippen LogP contribution in [0.25, 0.3) is 0 Å². The van der Waals surface area contributed by atoms with Gasteiger partial charge in [-0.25, -0.2) is 0 Å². The quantitative estimate of drug-likeness (QED) is 0.356. The Labute approximate surface area is 279 Å². The van der Waals surface area contributed by atoms with Gasteiger partial charge in [0, 0.05) is 62.6 Å². The summed E-state index contributed by atoms with van der Waals surface area (Å²) in [6, 6.07) is 7.09. The Morgan fingerprint density at radius 1 is 0.896 bits per heavy atom. The smallest absolute Gasteiger partial charge is 0.383 e. The van der Waals surface area contributed by atoms with Crippen LogP contribution in [0.15, 0.2) is 47.1 Å². The lowest BCUT2D eigenvalue weighted by Crippen LogP contribution is -2.65. The first-order valence-corrected chi connectivity index (χ1v) is 17.7. The second-order valence-corrected chi connectivity index (χ2v) is 15.3. The van der Waals surface area contributed by atoms with E-state index in [1.165, 1.54) is 19.8 Å². The van der Waals surface area contributed by atoms with E-state index < -0.39 is 41.4 Å². The predicted molar refractivity (Wildman–Crippen MR) is 171 cm³/mol. The molecule has 0 aromatic heterocycles. The van der Waals surface area contributed by atoms with Crippen molar-refractivity contribution in [3.8, 4) is 0 Å². The maximum atomic E-state index is 15.3. The number of carbonyl (C=O) groups excluding carboxylic acids is 2. The van der Waals surface area contributed by atoms with Gasteiger partial charge in [0.1, 0.15) is 5.60 Å².